The molecule has 2 aromatic rings. The van der Waals surface area contributed by atoms with Crippen molar-refractivity contribution < 1.29 is 0 Å². The van der Waals surface area contributed by atoms with Crippen molar-refractivity contribution in [1.82, 2.24) is 4.48 Å². The highest BCUT2D eigenvalue weighted by molar-refractivity contribution is 5.61. The Morgan fingerprint density at radius 1 is 0.706 bits per heavy atom. The lowest BCUT2D eigenvalue weighted by atomic mass is 10.2. The highest BCUT2D eigenvalue weighted by Gasteiger charge is 2.33. The molecule has 0 radical (unpaired) electrons. The zero-order valence-corrected chi connectivity index (χ0v) is 9.79. The number of quaternary nitrogens is 1. The average Bonchev–Trinajstić information content (AvgIpc) is 2.91. The molecule has 3 rings (SSSR count). The molecular formula is C16H16N+. The minimum atomic E-state index is 0.849. The van der Waals surface area contributed by atoms with Gasteiger partial charge in [-0.2, -0.15) is 0 Å². The predicted octanol–water partition coefficient (Wildman–Crippen LogP) is 4.24. The third kappa shape index (κ3) is 1.69. The Balaban J connectivity index is 2.15. The van der Waals surface area contributed by atoms with Crippen molar-refractivity contribution in [2.24, 2.45) is 0 Å². The Bertz CT molecular complexity index is 474. The van der Waals surface area contributed by atoms with Gasteiger partial charge in [-0.3, -0.25) is 0 Å². The van der Waals surface area contributed by atoms with Gasteiger partial charge >= 0.3 is 0 Å². The van der Waals surface area contributed by atoms with E-state index in [1.165, 1.54) is 11.4 Å². The van der Waals surface area contributed by atoms with Crippen molar-refractivity contribution >= 4 is 11.4 Å². The summed E-state index contributed by atoms with van der Waals surface area (Å²) >= 11 is 0. The molecule has 0 atom stereocenters. The van der Waals surface area contributed by atoms with Crippen LogP contribution in [0.25, 0.3) is 0 Å². The Hall–Kier alpha value is -1.86. The first-order valence-electron chi connectivity index (χ1n) is 6.08. The van der Waals surface area contributed by atoms with E-state index in [4.69, 9.17) is 0 Å². The van der Waals surface area contributed by atoms with Crippen LogP contribution in [0.3, 0.4) is 0 Å². The van der Waals surface area contributed by atoms with Gasteiger partial charge in [0.2, 0.25) is 0 Å². The van der Waals surface area contributed by atoms with Crippen LogP contribution >= 0.6 is 0 Å². The lowest BCUT2D eigenvalue weighted by Gasteiger charge is -2.30. The van der Waals surface area contributed by atoms with Crippen molar-refractivity contribution in [1.29, 1.82) is 0 Å². The molecule has 1 heteroatoms. The van der Waals surface area contributed by atoms with E-state index in [2.05, 4.69) is 72.9 Å². The fourth-order valence-corrected chi connectivity index (χ4v) is 2.57. The summed E-state index contributed by atoms with van der Waals surface area (Å²) in [6.45, 7) is 1.12. The van der Waals surface area contributed by atoms with Crippen molar-refractivity contribution in [3.8, 4) is 0 Å². The standard InChI is InChI=1S/C16H16N/c1-3-9-15(10-4-1)17(13-7-8-14-17)16-11-5-2-6-12-16/h1-7,9-13H,8,14H2/q+1. The molecule has 0 fully saturated rings. The van der Waals surface area contributed by atoms with Gasteiger partial charge in [-0.15, -0.1) is 0 Å². The molecule has 0 unspecified atom stereocenters. The van der Waals surface area contributed by atoms with Gasteiger partial charge in [-0.25, -0.2) is 4.48 Å². The van der Waals surface area contributed by atoms with Crippen LogP contribution in [-0.2, 0) is 0 Å². The maximum Gasteiger partial charge on any atom is 0.142 e. The zero-order chi connectivity index (χ0) is 11.6. The van der Waals surface area contributed by atoms with E-state index in [-0.39, 0.29) is 0 Å². The Kier molecular flexibility index (Phi) is 2.54. The third-order valence-corrected chi connectivity index (χ3v) is 3.44. The van der Waals surface area contributed by atoms with E-state index < -0.39 is 0 Å². The van der Waals surface area contributed by atoms with Gasteiger partial charge < -0.3 is 0 Å². The molecule has 1 aliphatic heterocycles. The molecule has 0 N–H and O–H groups in total. The molecule has 0 aromatic heterocycles. The molecule has 2 aromatic carbocycles. The number of rotatable bonds is 2. The van der Waals surface area contributed by atoms with E-state index in [0.29, 0.717) is 0 Å². The van der Waals surface area contributed by atoms with Crippen LogP contribution in [0.5, 0.6) is 0 Å². The number of nitrogens with zero attached hydrogens (tertiary/aromatic N) is 1. The largest absolute Gasteiger partial charge is 0.233 e. The molecule has 17 heavy (non-hydrogen) atoms. The summed E-state index contributed by atoms with van der Waals surface area (Å²) in [4.78, 5) is 0. The number of hydrogen-bond acceptors (Lipinski definition) is 0. The van der Waals surface area contributed by atoms with E-state index in [1.54, 1.807) is 0 Å². The molecule has 1 nitrogen and oxygen atoms in total. The van der Waals surface area contributed by atoms with Gasteiger partial charge in [0.1, 0.15) is 17.6 Å². The van der Waals surface area contributed by atoms with Crippen molar-refractivity contribution in [3.63, 3.8) is 0 Å². The molecule has 1 aliphatic rings. The quantitative estimate of drug-likeness (QED) is 0.667. The summed E-state index contributed by atoms with van der Waals surface area (Å²) < 4.78 is 0.849. The normalized spacial score (nSPS) is 17.2. The molecule has 0 saturated heterocycles. The SMILES string of the molecule is C1=C[N+](c2ccccc2)(c2ccccc2)CC1. The number of para-hydroxylation sites is 2. The molecule has 0 aliphatic carbocycles. The Morgan fingerprint density at radius 2 is 1.24 bits per heavy atom. The second-order valence-electron chi connectivity index (χ2n) is 4.44. The average molecular weight is 222 g/mol. The van der Waals surface area contributed by atoms with Gasteiger partial charge in [-0.1, -0.05) is 36.4 Å². The molecule has 0 amide bonds. The molecule has 84 valence electrons. The van der Waals surface area contributed by atoms with Crippen LogP contribution in [-0.4, -0.2) is 6.54 Å². The Labute approximate surface area is 102 Å². The van der Waals surface area contributed by atoms with Gasteiger partial charge in [0, 0.05) is 6.42 Å². The minimum Gasteiger partial charge on any atom is -0.233 e. The molecule has 0 spiro atoms. The summed E-state index contributed by atoms with van der Waals surface area (Å²) in [5, 5.41) is 0. The highest BCUT2D eigenvalue weighted by atomic mass is 15.4. The second kappa shape index (κ2) is 4.19. The fraction of sp³-hybridized carbons (Fsp3) is 0.125. The molecule has 0 saturated carbocycles. The van der Waals surface area contributed by atoms with Crippen molar-refractivity contribution in [3.05, 3.63) is 72.9 Å². The summed E-state index contributed by atoms with van der Waals surface area (Å²) in [5.74, 6) is 0. The van der Waals surface area contributed by atoms with E-state index in [0.717, 1.165) is 17.4 Å². The minimum absolute atomic E-state index is 0.849. The predicted molar refractivity (Wildman–Crippen MR) is 73.0 cm³/mol. The maximum atomic E-state index is 2.31. The highest BCUT2D eigenvalue weighted by Crippen LogP contribution is 2.37. The monoisotopic (exact) mass is 222 g/mol. The fourth-order valence-electron chi connectivity index (χ4n) is 2.57. The topological polar surface area (TPSA) is 0 Å². The van der Waals surface area contributed by atoms with Gasteiger partial charge in [-0.05, 0) is 30.3 Å². The molecule has 0 bridgehead atoms. The van der Waals surface area contributed by atoms with Crippen LogP contribution in [0.15, 0.2) is 72.9 Å². The first kappa shape index (κ1) is 10.3. The van der Waals surface area contributed by atoms with E-state index in [9.17, 15) is 0 Å². The summed E-state index contributed by atoms with van der Waals surface area (Å²) in [7, 11) is 0. The van der Waals surface area contributed by atoms with E-state index in [1.807, 2.05) is 0 Å². The van der Waals surface area contributed by atoms with Gasteiger partial charge in [0.15, 0.2) is 0 Å². The maximum absolute atomic E-state index is 2.31. The van der Waals surface area contributed by atoms with Crippen LogP contribution in [0, 0.1) is 0 Å². The van der Waals surface area contributed by atoms with Crippen molar-refractivity contribution in [2.75, 3.05) is 6.54 Å². The van der Waals surface area contributed by atoms with Gasteiger partial charge in [0.05, 0.1) is 6.54 Å². The summed E-state index contributed by atoms with van der Waals surface area (Å²) in [6, 6.07) is 21.5. The Morgan fingerprint density at radius 3 is 1.65 bits per heavy atom. The van der Waals surface area contributed by atoms with E-state index >= 15 is 0 Å². The third-order valence-electron chi connectivity index (χ3n) is 3.44. The molecule has 1 heterocycles. The lowest BCUT2D eigenvalue weighted by Crippen LogP contribution is -2.36. The summed E-state index contributed by atoms with van der Waals surface area (Å²) in [6.07, 6.45) is 5.73. The van der Waals surface area contributed by atoms with Gasteiger partial charge in [0.25, 0.3) is 0 Å². The number of hydrogen-bond donors (Lipinski definition) is 0. The van der Waals surface area contributed by atoms with Crippen LogP contribution in [0.4, 0.5) is 11.4 Å². The molecular weight excluding hydrogens is 206 g/mol. The van der Waals surface area contributed by atoms with Crippen LogP contribution in [0.1, 0.15) is 6.42 Å². The summed E-state index contributed by atoms with van der Waals surface area (Å²) in [5.41, 5.74) is 2.68. The first-order chi connectivity index (χ1) is 8.42. The second-order valence-corrected chi connectivity index (χ2v) is 4.44. The van der Waals surface area contributed by atoms with Crippen LogP contribution < -0.4 is 4.48 Å². The van der Waals surface area contributed by atoms with Crippen LogP contribution in [0.2, 0.25) is 0 Å². The van der Waals surface area contributed by atoms with Crippen molar-refractivity contribution in [2.45, 2.75) is 6.42 Å². The lowest BCUT2D eigenvalue weighted by molar-refractivity contribution is 0.542. The zero-order valence-electron chi connectivity index (χ0n) is 9.79. The smallest absolute Gasteiger partial charge is 0.142 e. The number of benzene rings is 2. The first-order valence-corrected chi connectivity index (χ1v) is 6.08.